The van der Waals surface area contributed by atoms with Gasteiger partial charge < -0.3 is 9.40 Å². The Labute approximate surface area is 184 Å². The molecule has 0 aliphatic carbocycles. The molecule has 4 heterocycles. The van der Waals surface area contributed by atoms with E-state index in [-0.39, 0.29) is 5.56 Å². The second-order valence-electron chi connectivity index (χ2n) is 8.41. The lowest BCUT2D eigenvalue weighted by atomic mass is 9.99. The fourth-order valence-electron chi connectivity index (χ4n) is 4.63. The van der Waals surface area contributed by atoms with E-state index in [9.17, 15) is 4.79 Å². The van der Waals surface area contributed by atoms with Crippen LogP contribution in [-0.4, -0.2) is 26.4 Å². The molecule has 0 bridgehead atoms. The van der Waals surface area contributed by atoms with Crippen LogP contribution in [0.2, 0.25) is 0 Å². The quantitative estimate of drug-likeness (QED) is 0.430. The zero-order valence-corrected chi connectivity index (χ0v) is 17.8. The number of rotatable bonds is 3. The van der Waals surface area contributed by atoms with Crippen LogP contribution in [0.15, 0.2) is 70.1 Å². The predicted octanol–water partition coefficient (Wildman–Crippen LogP) is 4.60. The van der Waals surface area contributed by atoms with Crippen molar-refractivity contribution in [3.8, 4) is 11.6 Å². The zero-order valence-electron chi connectivity index (χ0n) is 17.8. The van der Waals surface area contributed by atoms with Crippen molar-refractivity contribution in [3.05, 3.63) is 93.6 Å². The predicted molar refractivity (Wildman–Crippen MR) is 124 cm³/mol. The molecule has 32 heavy (non-hydrogen) atoms. The van der Waals surface area contributed by atoms with E-state index in [0.29, 0.717) is 18.1 Å². The lowest BCUT2D eigenvalue weighted by Crippen LogP contribution is -2.35. The van der Waals surface area contributed by atoms with Crippen LogP contribution in [0.25, 0.3) is 33.4 Å². The maximum Gasteiger partial charge on any atom is 0.256 e. The molecule has 0 radical (unpaired) electrons. The number of nitrogens with zero attached hydrogens (tertiary/aromatic N) is 3. The highest BCUT2D eigenvalue weighted by Crippen LogP contribution is 2.29. The first-order chi connectivity index (χ1) is 15.7. The number of pyridine rings is 1. The minimum absolute atomic E-state index is 0.0913. The van der Waals surface area contributed by atoms with Gasteiger partial charge in [0.15, 0.2) is 11.6 Å². The van der Waals surface area contributed by atoms with Gasteiger partial charge >= 0.3 is 0 Å². The van der Waals surface area contributed by atoms with Crippen molar-refractivity contribution in [3.63, 3.8) is 0 Å². The summed E-state index contributed by atoms with van der Waals surface area (Å²) in [6, 6.07) is 18.3. The first-order valence-electron chi connectivity index (χ1n) is 10.8. The van der Waals surface area contributed by atoms with Gasteiger partial charge in [-0.15, -0.1) is 0 Å². The van der Waals surface area contributed by atoms with Crippen molar-refractivity contribution in [1.29, 1.82) is 0 Å². The fourth-order valence-corrected chi connectivity index (χ4v) is 4.63. The molecule has 5 aromatic rings. The van der Waals surface area contributed by atoms with E-state index >= 15 is 0 Å². The monoisotopic (exact) mass is 422 g/mol. The van der Waals surface area contributed by atoms with Gasteiger partial charge in [0.05, 0.1) is 28.6 Å². The van der Waals surface area contributed by atoms with Gasteiger partial charge in [-0.25, -0.2) is 9.97 Å². The summed E-state index contributed by atoms with van der Waals surface area (Å²) in [5, 5.41) is 2.34. The van der Waals surface area contributed by atoms with Crippen LogP contribution < -0.4 is 5.56 Å². The van der Waals surface area contributed by atoms with Gasteiger partial charge in [-0.1, -0.05) is 29.8 Å². The summed E-state index contributed by atoms with van der Waals surface area (Å²) in [4.78, 5) is 27.6. The van der Waals surface area contributed by atoms with E-state index < -0.39 is 0 Å². The van der Waals surface area contributed by atoms with E-state index in [1.54, 1.807) is 18.4 Å². The fraction of sp³-hybridized carbons (Fsp3) is 0.192. The van der Waals surface area contributed by atoms with Gasteiger partial charge in [0.25, 0.3) is 5.56 Å². The van der Waals surface area contributed by atoms with Crippen molar-refractivity contribution in [2.45, 2.75) is 26.4 Å². The zero-order chi connectivity index (χ0) is 21.7. The topological polar surface area (TPSA) is 75.0 Å². The normalized spacial score (nSPS) is 14.2. The molecule has 0 saturated carbocycles. The third-order valence-corrected chi connectivity index (χ3v) is 6.23. The summed E-state index contributed by atoms with van der Waals surface area (Å²) in [5.41, 5.74) is 5.98. The molecule has 6 nitrogen and oxygen atoms in total. The average Bonchev–Trinajstić information content (AvgIpc) is 3.35. The summed E-state index contributed by atoms with van der Waals surface area (Å²) in [6.07, 6.45) is 2.31. The molecule has 0 spiro atoms. The number of fused-ring (bicyclic) bond motifs is 3. The summed E-state index contributed by atoms with van der Waals surface area (Å²) < 4.78 is 5.41. The molecular formula is C26H22N4O2. The summed E-state index contributed by atoms with van der Waals surface area (Å²) in [6.45, 7) is 4.27. The molecule has 0 fully saturated rings. The van der Waals surface area contributed by atoms with Crippen LogP contribution in [0.1, 0.15) is 22.4 Å². The molecule has 6 heteroatoms. The minimum Gasteiger partial charge on any atom is -0.461 e. The number of furan rings is 1. The maximum absolute atomic E-state index is 12.9. The molecule has 1 aliphatic heterocycles. The van der Waals surface area contributed by atoms with Crippen LogP contribution >= 0.6 is 0 Å². The van der Waals surface area contributed by atoms with Crippen LogP contribution in [0.3, 0.4) is 0 Å². The van der Waals surface area contributed by atoms with Crippen molar-refractivity contribution < 1.29 is 4.42 Å². The number of benzene rings is 2. The number of para-hydroxylation sites is 1. The molecule has 0 atom stereocenters. The van der Waals surface area contributed by atoms with E-state index in [1.807, 2.05) is 6.07 Å². The third kappa shape index (κ3) is 3.20. The second-order valence-corrected chi connectivity index (χ2v) is 8.41. The van der Waals surface area contributed by atoms with Crippen LogP contribution in [-0.2, 0) is 19.5 Å². The molecule has 0 saturated heterocycles. The Kier molecular flexibility index (Phi) is 4.40. The Morgan fingerprint density at radius 2 is 1.91 bits per heavy atom. The third-order valence-electron chi connectivity index (χ3n) is 6.23. The number of H-pyrrole nitrogens is 1. The number of hydrogen-bond acceptors (Lipinski definition) is 5. The van der Waals surface area contributed by atoms with Crippen molar-refractivity contribution >= 4 is 21.8 Å². The van der Waals surface area contributed by atoms with Gasteiger partial charge in [-0.3, -0.25) is 9.69 Å². The molecule has 158 valence electrons. The molecule has 1 aliphatic rings. The van der Waals surface area contributed by atoms with Gasteiger partial charge in [-0.2, -0.15) is 0 Å². The molecule has 0 amide bonds. The largest absolute Gasteiger partial charge is 0.461 e. The van der Waals surface area contributed by atoms with Gasteiger partial charge in [0.1, 0.15) is 0 Å². The van der Waals surface area contributed by atoms with Crippen LogP contribution in [0.4, 0.5) is 0 Å². The Hall–Kier alpha value is -3.77. The molecule has 6 rings (SSSR count). The van der Waals surface area contributed by atoms with Crippen molar-refractivity contribution in [1.82, 2.24) is 19.9 Å². The Morgan fingerprint density at radius 1 is 1.03 bits per heavy atom. The van der Waals surface area contributed by atoms with Gasteiger partial charge in [0.2, 0.25) is 0 Å². The standard InChI is InChI=1S/C26H22N4O2/c1-16-8-9-22-18(13-16)19(17-5-2-3-6-21(17)27-22)14-30-11-10-23-20(15-30)26(31)29-25(28-23)24-7-4-12-32-24/h2-9,12-13H,10-11,14-15H2,1H3,(H,28,29,31). The highest BCUT2D eigenvalue weighted by molar-refractivity contribution is 5.97. The minimum atomic E-state index is -0.0913. The summed E-state index contributed by atoms with van der Waals surface area (Å²) in [7, 11) is 0. The number of hydrogen-bond donors (Lipinski definition) is 1. The van der Waals surface area contributed by atoms with Crippen molar-refractivity contribution in [2.75, 3.05) is 6.54 Å². The lowest BCUT2D eigenvalue weighted by Gasteiger charge is -2.28. The Balaban J connectivity index is 1.39. The van der Waals surface area contributed by atoms with Gasteiger partial charge in [0, 0.05) is 36.8 Å². The first-order valence-corrected chi connectivity index (χ1v) is 10.8. The smallest absolute Gasteiger partial charge is 0.256 e. The number of nitrogens with one attached hydrogen (secondary N) is 1. The lowest BCUT2D eigenvalue weighted by molar-refractivity contribution is 0.243. The summed E-state index contributed by atoms with van der Waals surface area (Å²) in [5.74, 6) is 1.08. The summed E-state index contributed by atoms with van der Waals surface area (Å²) >= 11 is 0. The highest BCUT2D eigenvalue weighted by atomic mass is 16.3. The van der Waals surface area contributed by atoms with E-state index in [1.165, 1.54) is 16.5 Å². The first kappa shape index (κ1) is 19.0. The van der Waals surface area contributed by atoms with Crippen molar-refractivity contribution in [2.24, 2.45) is 0 Å². The average molecular weight is 422 g/mol. The second kappa shape index (κ2) is 7.43. The molecule has 1 N–H and O–H groups in total. The number of aryl methyl sites for hydroxylation is 1. The maximum atomic E-state index is 12.9. The molecular weight excluding hydrogens is 400 g/mol. The van der Waals surface area contributed by atoms with E-state index in [4.69, 9.17) is 9.40 Å². The van der Waals surface area contributed by atoms with Crippen LogP contribution in [0.5, 0.6) is 0 Å². The Morgan fingerprint density at radius 3 is 2.78 bits per heavy atom. The van der Waals surface area contributed by atoms with Crippen LogP contribution in [0, 0.1) is 6.92 Å². The number of aromatic amines is 1. The molecule has 3 aromatic heterocycles. The Bertz CT molecular complexity index is 1520. The van der Waals surface area contributed by atoms with Gasteiger partial charge in [-0.05, 0) is 42.8 Å². The highest BCUT2D eigenvalue weighted by Gasteiger charge is 2.23. The van der Waals surface area contributed by atoms with E-state index in [2.05, 4.69) is 58.2 Å². The van der Waals surface area contributed by atoms with E-state index in [0.717, 1.165) is 47.2 Å². The number of aromatic nitrogens is 3. The molecule has 2 aromatic carbocycles. The SMILES string of the molecule is Cc1ccc2nc3ccccc3c(CN3CCc4nc(-c5ccco5)[nH]c(=O)c4C3)c2c1. The molecule has 0 unspecified atom stereocenters.